The lowest BCUT2D eigenvalue weighted by atomic mass is 10.3. The average molecular weight is 282 g/mol. The van der Waals surface area contributed by atoms with Gasteiger partial charge in [0.1, 0.15) is 5.25 Å². The third-order valence-electron chi connectivity index (χ3n) is 2.33. The second kappa shape index (κ2) is 4.75. The quantitative estimate of drug-likeness (QED) is 0.824. The summed E-state index contributed by atoms with van der Waals surface area (Å²) in [4.78, 5) is 10.4. The molecule has 0 radical (unpaired) electrons. The molecule has 18 heavy (non-hydrogen) atoms. The molecule has 100 valence electrons. The number of nitrogens with zero attached hydrogens (tertiary/aromatic N) is 4. The minimum Gasteiger partial charge on any atom is -0.481 e. The lowest BCUT2D eigenvalue weighted by Crippen LogP contribution is -2.28. The van der Waals surface area contributed by atoms with Crippen LogP contribution < -0.4 is 0 Å². The second-order valence-corrected chi connectivity index (χ2v) is 5.05. The van der Waals surface area contributed by atoms with Gasteiger partial charge in [0.25, 0.3) is 0 Å². The fourth-order valence-electron chi connectivity index (χ4n) is 1.32. The number of hydrogen-bond acceptors (Lipinski definition) is 5. The minimum atomic E-state index is -4.61. The topological polar surface area (TPSA) is 80.9 Å². The zero-order valence-corrected chi connectivity index (χ0v) is 9.78. The number of rotatable bonds is 5. The summed E-state index contributed by atoms with van der Waals surface area (Å²) in [6.07, 6.45) is -3.96. The summed E-state index contributed by atoms with van der Waals surface area (Å²) in [6, 6.07) is 0.0428. The molecule has 6 nitrogen and oxygen atoms in total. The van der Waals surface area contributed by atoms with Crippen LogP contribution in [-0.2, 0) is 4.79 Å². The van der Waals surface area contributed by atoms with Gasteiger partial charge in [-0.3, -0.25) is 4.79 Å². The Hall–Kier alpha value is -1.32. The van der Waals surface area contributed by atoms with Crippen molar-refractivity contribution < 1.29 is 23.1 Å². The third-order valence-corrected chi connectivity index (χ3v) is 3.53. The van der Waals surface area contributed by atoms with Gasteiger partial charge < -0.3 is 5.11 Å². The molecule has 0 aromatic carbocycles. The molecule has 0 amide bonds. The van der Waals surface area contributed by atoms with Gasteiger partial charge in [0.15, 0.2) is 0 Å². The van der Waals surface area contributed by atoms with Crippen LogP contribution in [0.25, 0.3) is 0 Å². The van der Waals surface area contributed by atoms with E-state index < -0.39 is 23.8 Å². The van der Waals surface area contributed by atoms with Gasteiger partial charge in [-0.05, 0) is 23.3 Å². The van der Waals surface area contributed by atoms with E-state index in [2.05, 4.69) is 15.5 Å². The first-order chi connectivity index (χ1) is 8.38. The predicted octanol–water partition coefficient (Wildman–Crippen LogP) is 1.51. The van der Waals surface area contributed by atoms with E-state index >= 15 is 0 Å². The van der Waals surface area contributed by atoms with Gasteiger partial charge in [-0.1, -0.05) is 11.8 Å². The number of carboxylic acids is 1. The van der Waals surface area contributed by atoms with Crippen molar-refractivity contribution in [1.82, 2.24) is 20.2 Å². The molecule has 1 saturated carbocycles. The number of aliphatic carboxylic acids is 1. The summed E-state index contributed by atoms with van der Waals surface area (Å²) >= 11 is 0.347. The highest BCUT2D eigenvalue weighted by molar-refractivity contribution is 7.99. The Bertz CT molecular complexity index is 446. The predicted molar refractivity (Wildman–Crippen MR) is 54.0 cm³/mol. The van der Waals surface area contributed by atoms with Crippen molar-refractivity contribution >= 4 is 17.7 Å². The van der Waals surface area contributed by atoms with Crippen LogP contribution in [0.4, 0.5) is 13.2 Å². The molecule has 0 saturated heterocycles. The molecule has 2 rings (SSSR count). The lowest BCUT2D eigenvalue weighted by Gasteiger charge is -2.17. The molecule has 1 unspecified atom stereocenters. The van der Waals surface area contributed by atoms with Gasteiger partial charge in [0.05, 0.1) is 12.5 Å². The first kappa shape index (κ1) is 13.1. The number of carbonyl (C=O) groups is 1. The largest absolute Gasteiger partial charge is 0.481 e. The van der Waals surface area contributed by atoms with Gasteiger partial charge in [-0.15, -0.1) is 5.10 Å². The van der Waals surface area contributed by atoms with Crippen LogP contribution in [0, 0.1) is 0 Å². The number of tetrazole rings is 1. The van der Waals surface area contributed by atoms with Crippen molar-refractivity contribution in [2.75, 3.05) is 0 Å². The molecule has 0 spiro atoms. The maximum absolute atomic E-state index is 12.7. The van der Waals surface area contributed by atoms with E-state index in [0.29, 0.717) is 11.8 Å². The Balaban J connectivity index is 2.12. The Morgan fingerprint density at radius 2 is 2.22 bits per heavy atom. The van der Waals surface area contributed by atoms with Crippen molar-refractivity contribution in [1.29, 1.82) is 0 Å². The standard InChI is InChI=1S/C8H9F3N4O2S/c9-8(10,11)5(3-6(16)17)18-7-12-13-14-15(7)4-1-2-4/h4-5H,1-3H2,(H,16,17). The Kier molecular flexibility index (Phi) is 3.46. The van der Waals surface area contributed by atoms with E-state index in [4.69, 9.17) is 5.11 Å². The van der Waals surface area contributed by atoms with E-state index in [-0.39, 0.29) is 11.2 Å². The van der Waals surface area contributed by atoms with Crippen LogP contribution in [0.1, 0.15) is 25.3 Å². The van der Waals surface area contributed by atoms with E-state index in [1.165, 1.54) is 4.68 Å². The maximum atomic E-state index is 12.7. The number of carboxylic acid groups (broad SMARTS) is 1. The van der Waals surface area contributed by atoms with Gasteiger partial charge in [0.2, 0.25) is 5.16 Å². The first-order valence-electron chi connectivity index (χ1n) is 5.11. The highest BCUT2D eigenvalue weighted by Crippen LogP contribution is 2.40. The maximum Gasteiger partial charge on any atom is 0.401 e. The molecule has 1 heterocycles. The molecular weight excluding hydrogens is 273 g/mol. The van der Waals surface area contributed by atoms with E-state index in [1.807, 2.05) is 0 Å². The molecule has 1 fully saturated rings. The highest BCUT2D eigenvalue weighted by atomic mass is 32.2. The van der Waals surface area contributed by atoms with Crippen LogP contribution >= 0.6 is 11.8 Å². The fourth-order valence-corrected chi connectivity index (χ4v) is 2.31. The highest BCUT2D eigenvalue weighted by Gasteiger charge is 2.43. The molecule has 1 N–H and O–H groups in total. The molecule has 1 aliphatic carbocycles. The SMILES string of the molecule is O=C(O)CC(Sc1nnnn1C1CC1)C(F)(F)F. The summed E-state index contributed by atoms with van der Waals surface area (Å²) in [6.45, 7) is 0. The molecule has 10 heteroatoms. The molecule has 0 aliphatic heterocycles. The van der Waals surface area contributed by atoms with Crippen molar-refractivity contribution in [2.24, 2.45) is 0 Å². The average Bonchev–Trinajstić information content (AvgIpc) is 2.97. The monoisotopic (exact) mass is 282 g/mol. The van der Waals surface area contributed by atoms with Crippen molar-refractivity contribution in [3.63, 3.8) is 0 Å². The van der Waals surface area contributed by atoms with Gasteiger partial charge in [-0.25, -0.2) is 4.68 Å². The number of alkyl halides is 3. The van der Waals surface area contributed by atoms with E-state index in [9.17, 15) is 18.0 Å². The third kappa shape index (κ3) is 3.12. The van der Waals surface area contributed by atoms with Crippen LogP contribution in [-0.4, -0.2) is 42.7 Å². The molecule has 1 aliphatic rings. The minimum absolute atomic E-state index is 0.0149. The van der Waals surface area contributed by atoms with Crippen LogP contribution in [0.15, 0.2) is 5.16 Å². The normalized spacial score (nSPS) is 17.7. The zero-order chi connectivity index (χ0) is 13.3. The van der Waals surface area contributed by atoms with Crippen LogP contribution in [0.2, 0.25) is 0 Å². The van der Waals surface area contributed by atoms with Crippen LogP contribution in [0.5, 0.6) is 0 Å². The summed E-state index contributed by atoms with van der Waals surface area (Å²) in [7, 11) is 0. The van der Waals surface area contributed by atoms with Gasteiger partial charge in [-0.2, -0.15) is 13.2 Å². The molecular formula is C8H9F3N4O2S. The van der Waals surface area contributed by atoms with Crippen LogP contribution in [0.3, 0.4) is 0 Å². The number of aromatic nitrogens is 4. The van der Waals surface area contributed by atoms with Crippen molar-refractivity contribution in [2.45, 2.75) is 41.9 Å². The molecule has 1 aromatic heterocycles. The molecule has 0 bridgehead atoms. The molecule has 1 atom stereocenters. The number of hydrogen-bond donors (Lipinski definition) is 1. The summed E-state index contributed by atoms with van der Waals surface area (Å²) in [5.41, 5.74) is 0. The van der Waals surface area contributed by atoms with E-state index in [1.54, 1.807) is 0 Å². The van der Waals surface area contributed by atoms with Crippen molar-refractivity contribution in [3.05, 3.63) is 0 Å². The lowest BCUT2D eigenvalue weighted by molar-refractivity contribution is -0.149. The van der Waals surface area contributed by atoms with Crippen molar-refractivity contribution in [3.8, 4) is 0 Å². The van der Waals surface area contributed by atoms with E-state index in [0.717, 1.165) is 12.8 Å². The molecule has 1 aromatic rings. The Morgan fingerprint density at radius 1 is 1.56 bits per heavy atom. The van der Waals surface area contributed by atoms with Gasteiger partial charge >= 0.3 is 12.1 Å². The first-order valence-corrected chi connectivity index (χ1v) is 5.99. The summed E-state index contributed by atoms with van der Waals surface area (Å²) in [5, 5.41) is 16.9. The second-order valence-electron chi connectivity index (χ2n) is 3.88. The number of halogens is 3. The Morgan fingerprint density at radius 3 is 2.72 bits per heavy atom. The van der Waals surface area contributed by atoms with Gasteiger partial charge in [0, 0.05) is 0 Å². The Labute approximate surface area is 104 Å². The fraction of sp³-hybridized carbons (Fsp3) is 0.750. The number of thioether (sulfide) groups is 1. The smallest absolute Gasteiger partial charge is 0.401 e. The summed E-state index contributed by atoms with van der Waals surface area (Å²) in [5.74, 6) is -1.50. The summed E-state index contributed by atoms with van der Waals surface area (Å²) < 4.78 is 39.3. The zero-order valence-electron chi connectivity index (χ0n) is 8.96.